The number of nitrogens with two attached hydrogens (primary N) is 1. The van der Waals surface area contributed by atoms with Gasteiger partial charge in [0.05, 0.1) is 23.7 Å². The fourth-order valence-electron chi connectivity index (χ4n) is 1.41. The summed E-state index contributed by atoms with van der Waals surface area (Å²) < 4.78 is 5.15. The van der Waals surface area contributed by atoms with E-state index >= 15 is 0 Å². The van der Waals surface area contributed by atoms with Gasteiger partial charge in [0.15, 0.2) is 0 Å². The lowest BCUT2D eigenvalue weighted by atomic mass is 10.1. The molecule has 2 aromatic rings. The van der Waals surface area contributed by atoms with E-state index < -0.39 is 0 Å². The van der Waals surface area contributed by atoms with E-state index in [1.807, 2.05) is 12.1 Å². The zero-order valence-electron chi connectivity index (χ0n) is 8.68. The molecule has 0 amide bonds. The van der Waals surface area contributed by atoms with E-state index in [0.717, 1.165) is 10.4 Å². The molecule has 0 fully saturated rings. The summed E-state index contributed by atoms with van der Waals surface area (Å²) in [5.41, 5.74) is 8.84. The van der Waals surface area contributed by atoms with E-state index in [4.69, 9.17) is 22.1 Å². The molecule has 84 valence electrons. The zero-order valence-corrected chi connectivity index (χ0v) is 10.3. The van der Waals surface area contributed by atoms with Gasteiger partial charge in [-0.05, 0) is 17.7 Å². The molecule has 5 heteroatoms. The molecule has 0 aliphatic rings. The predicted molar refractivity (Wildman–Crippen MR) is 66.1 cm³/mol. The van der Waals surface area contributed by atoms with Gasteiger partial charge in [-0.25, -0.2) is 0 Å². The van der Waals surface area contributed by atoms with Crippen LogP contribution in [0.4, 0.5) is 0 Å². The van der Waals surface area contributed by atoms with Crippen LogP contribution in [-0.2, 0) is 0 Å². The van der Waals surface area contributed by atoms with Crippen molar-refractivity contribution in [3.05, 3.63) is 45.4 Å². The number of methoxy groups -OCH3 is 1. The van der Waals surface area contributed by atoms with Crippen LogP contribution in [0.3, 0.4) is 0 Å². The largest absolute Gasteiger partial charge is 0.495 e. The van der Waals surface area contributed by atoms with Crippen molar-refractivity contribution in [3.8, 4) is 5.75 Å². The predicted octanol–water partition coefficient (Wildman–Crippen LogP) is 2.85. The smallest absolute Gasteiger partial charge is 0.137 e. The van der Waals surface area contributed by atoms with Gasteiger partial charge in [-0.3, -0.25) is 4.98 Å². The van der Waals surface area contributed by atoms with Crippen LogP contribution in [-0.4, -0.2) is 12.1 Å². The van der Waals surface area contributed by atoms with Crippen LogP contribution in [0.2, 0.25) is 5.02 Å². The van der Waals surface area contributed by atoms with Crippen molar-refractivity contribution in [3.63, 3.8) is 0 Å². The second kappa shape index (κ2) is 4.82. The highest BCUT2D eigenvalue weighted by Crippen LogP contribution is 2.30. The number of rotatable bonds is 3. The Bertz CT molecular complexity index is 473. The Morgan fingerprint density at radius 2 is 2.31 bits per heavy atom. The van der Waals surface area contributed by atoms with E-state index in [-0.39, 0.29) is 6.04 Å². The Morgan fingerprint density at radius 3 is 2.94 bits per heavy atom. The van der Waals surface area contributed by atoms with Gasteiger partial charge in [0, 0.05) is 11.1 Å². The molecular formula is C11H11ClN2OS. The zero-order chi connectivity index (χ0) is 11.5. The quantitative estimate of drug-likeness (QED) is 0.916. The average Bonchev–Trinajstić information content (AvgIpc) is 2.82. The maximum absolute atomic E-state index is 6.11. The molecule has 0 bridgehead atoms. The summed E-state index contributed by atoms with van der Waals surface area (Å²) in [5, 5.41) is 0.586. The third-order valence-electron chi connectivity index (χ3n) is 2.29. The lowest BCUT2D eigenvalue weighted by Crippen LogP contribution is -2.10. The molecule has 0 spiro atoms. The highest BCUT2D eigenvalue weighted by atomic mass is 35.5. The van der Waals surface area contributed by atoms with Crippen molar-refractivity contribution >= 4 is 22.9 Å². The van der Waals surface area contributed by atoms with Gasteiger partial charge in [-0.2, -0.15) is 0 Å². The molecule has 1 aromatic heterocycles. The van der Waals surface area contributed by atoms with E-state index in [1.165, 1.54) is 11.3 Å². The first-order chi connectivity index (χ1) is 7.72. The highest BCUT2D eigenvalue weighted by Gasteiger charge is 2.12. The van der Waals surface area contributed by atoms with Gasteiger partial charge >= 0.3 is 0 Å². The minimum absolute atomic E-state index is 0.182. The molecule has 0 saturated heterocycles. The van der Waals surface area contributed by atoms with Crippen molar-refractivity contribution in [1.29, 1.82) is 0 Å². The number of thiazole rings is 1. The highest BCUT2D eigenvalue weighted by molar-refractivity contribution is 7.09. The van der Waals surface area contributed by atoms with Gasteiger partial charge in [-0.15, -0.1) is 11.3 Å². The molecule has 1 unspecified atom stereocenters. The molecule has 1 heterocycles. The summed E-state index contributed by atoms with van der Waals surface area (Å²) in [6.07, 6.45) is 1.77. The van der Waals surface area contributed by atoms with E-state index in [9.17, 15) is 0 Å². The molecular weight excluding hydrogens is 244 g/mol. The normalized spacial score (nSPS) is 12.4. The van der Waals surface area contributed by atoms with Crippen molar-refractivity contribution in [1.82, 2.24) is 4.98 Å². The number of halogens is 1. The molecule has 2 rings (SSSR count). The Kier molecular flexibility index (Phi) is 3.43. The lowest BCUT2D eigenvalue weighted by Gasteiger charge is -2.11. The van der Waals surface area contributed by atoms with Gasteiger partial charge in [0.1, 0.15) is 5.75 Å². The number of hydrogen-bond donors (Lipinski definition) is 1. The van der Waals surface area contributed by atoms with Crippen LogP contribution < -0.4 is 10.5 Å². The van der Waals surface area contributed by atoms with Crippen LogP contribution in [0.15, 0.2) is 29.9 Å². The second-order valence-electron chi connectivity index (χ2n) is 3.28. The summed E-state index contributed by atoms with van der Waals surface area (Å²) in [4.78, 5) is 5.03. The van der Waals surface area contributed by atoms with E-state index in [0.29, 0.717) is 10.8 Å². The SMILES string of the molecule is COc1cc(C(N)c2cncs2)ccc1Cl. The Hall–Kier alpha value is -1.10. The standard InChI is InChI=1S/C11H11ClN2OS/c1-15-9-4-7(2-3-8(9)12)11(13)10-5-14-6-16-10/h2-6,11H,13H2,1H3. The van der Waals surface area contributed by atoms with Crippen molar-refractivity contribution in [2.75, 3.05) is 7.11 Å². The summed E-state index contributed by atoms with van der Waals surface area (Å²) in [5.74, 6) is 0.638. The molecule has 16 heavy (non-hydrogen) atoms. The number of hydrogen-bond acceptors (Lipinski definition) is 4. The van der Waals surface area contributed by atoms with Crippen LogP contribution in [0.5, 0.6) is 5.75 Å². The monoisotopic (exact) mass is 254 g/mol. The second-order valence-corrected chi connectivity index (χ2v) is 4.60. The molecule has 0 radical (unpaired) electrons. The number of benzene rings is 1. The molecule has 0 aliphatic carbocycles. The van der Waals surface area contributed by atoms with Gasteiger partial charge in [0.25, 0.3) is 0 Å². The van der Waals surface area contributed by atoms with Crippen molar-refractivity contribution in [2.45, 2.75) is 6.04 Å². The third-order valence-corrected chi connectivity index (χ3v) is 3.46. The lowest BCUT2D eigenvalue weighted by molar-refractivity contribution is 0.414. The molecule has 0 saturated carbocycles. The number of nitrogens with zero attached hydrogens (tertiary/aromatic N) is 1. The van der Waals surface area contributed by atoms with Crippen LogP contribution in [0.25, 0.3) is 0 Å². The topological polar surface area (TPSA) is 48.1 Å². The number of aromatic nitrogens is 1. The molecule has 0 aliphatic heterocycles. The Balaban J connectivity index is 2.34. The Labute approximate surface area is 103 Å². The summed E-state index contributed by atoms with van der Waals surface area (Å²) in [6.45, 7) is 0. The van der Waals surface area contributed by atoms with Gasteiger partial charge < -0.3 is 10.5 Å². The first-order valence-corrected chi connectivity index (χ1v) is 5.95. The summed E-state index contributed by atoms with van der Waals surface area (Å²) in [7, 11) is 1.59. The first-order valence-electron chi connectivity index (χ1n) is 4.69. The van der Waals surface area contributed by atoms with Crippen molar-refractivity contribution < 1.29 is 4.74 Å². The summed E-state index contributed by atoms with van der Waals surface area (Å²) in [6, 6.07) is 5.36. The molecule has 1 atom stereocenters. The van der Waals surface area contributed by atoms with Gasteiger partial charge in [0.2, 0.25) is 0 Å². The van der Waals surface area contributed by atoms with E-state index in [1.54, 1.807) is 24.9 Å². The minimum Gasteiger partial charge on any atom is -0.495 e. The van der Waals surface area contributed by atoms with Crippen molar-refractivity contribution in [2.24, 2.45) is 5.73 Å². The van der Waals surface area contributed by atoms with Crippen LogP contribution >= 0.6 is 22.9 Å². The maximum Gasteiger partial charge on any atom is 0.137 e. The number of ether oxygens (including phenoxy) is 1. The fourth-order valence-corrected chi connectivity index (χ4v) is 2.26. The van der Waals surface area contributed by atoms with Crippen LogP contribution in [0, 0.1) is 0 Å². The van der Waals surface area contributed by atoms with Gasteiger partial charge in [-0.1, -0.05) is 17.7 Å². The third kappa shape index (κ3) is 2.19. The van der Waals surface area contributed by atoms with Crippen LogP contribution in [0.1, 0.15) is 16.5 Å². The summed E-state index contributed by atoms with van der Waals surface area (Å²) >= 11 is 7.48. The Morgan fingerprint density at radius 1 is 1.50 bits per heavy atom. The fraction of sp³-hybridized carbons (Fsp3) is 0.182. The average molecular weight is 255 g/mol. The first kappa shape index (κ1) is 11.4. The molecule has 2 N–H and O–H groups in total. The minimum atomic E-state index is -0.182. The molecule has 3 nitrogen and oxygen atoms in total. The maximum atomic E-state index is 6.11. The molecule has 1 aromatic carbocycles. The van der Waals surface area contributed by atoms with E-state index in [2.05, 4.69) is 4.98 Å².